The second-order valence-electron chi connectivity index (χ2n) is 8.42. The van der Waals surface area contributed by atoms with Crippen LogP contribution in [0.1, 0.15) is 11.1 Å². The summed E-state index contributed by atoms with van der Waals surface area (Å²) >= 11 is 0. The normalized spacial score (nSPS) is 12.1. The maximum Gasteiger partial charge on any atom is 0.422 e. The van der Waals surface area contributed by atoms with Crippen LogP contribution in [-0.2, 0) is 17.8 Å². The number of hydrogen-bond donors (Lipinski definition) is 1. The van der Waals surface area contributed by atoms with Crippen molar-refractivity contribution in [1.29, 1.82) is 0 Å². The molecule has 0 aliphatic heterocycles. The minimum atomic E-state index is -4.72. The lowest BCUT2D eigenvalue weighted by molar-refractivity contribution is -0.136. The van der Waals surface area contributed by atoms with E-state index in [0.29, 0.717) is 16.6 Å². The summed E-state index contributed by atoms with van der Waals surface area (Å²) < 4.78 is 57.4. The predicted octanol–water partition coefficient (Wildman–Crippen LogP) is 5.86. The zero-order chi connectivity index (χ0) is 24.7. The first-order valence-electron chi connectivity index (χ1n) is 10.4. The van der Waals surface area contributed by atoms with Gasteiger partial charge in [-0.2, -0.15) is 18.3 Å². The molecule has 6 nitrogen and oxygen atoms in total. The summed E-state index contributed by atoms with van der Waals surface area (Å²) in [7, 11) is -1.10. The number of alkyl halides is 3. The van der Waals surface area contributed by atoms with Gasteiger partial charge >= 0.3 is 6.18 Å². The highest BCUT2D eigenvalue weighted by molar-refractivity contribution is 7.70. The number of halogens is 3. The highest BCUT2D eigenvalue weighted by atomic mass is 31.2. The summed E-state index contributed by atoms with van der Waals surface area (Å²) in [6.45, 7) is 5.00. The number of anilines is 2. The molecule has 0 spiro atoms. The number of benzene rings is 2. The average molecular weight is 485 g/mol. The first-order chi connectivity index (χ1) is 15.9. The van der Waals surface area contributed by atoms with Crippen LogP contribution in [0.25, 0.3) is 22.4 Å². The maximum absolute atomic E-state index is 14.2. The number of hydrogen-bond acceptors (Lipinski definition) is 5. The van der Waals surface area contributed by atoms with Crippen LogP contribution in [0.5, 0.6) is 0 Å². The molecular weight excluding hydrogens is 462 g/mol. The summed E-state index contributed by atoms with van der Waals surface area (Å²) in [5, 5.41) is 7.36. The molecule has 2 aromatic heterocycles. The fraction of sp³-hybridized carbons (Fsp3) is 0.208. The predicted molar refractivity (Wildman–Crippen MR) is 128 cm³/mol. The summed E-state index contributed by atoms with van der Waals surface area (Å²) in [6, 6.07) is 11.7. The van der Waals surface area contributed by atoms with Crippen molar-refractivity contribution in [3.63, 3.8) is 0 Å². The van der Waals surface area contributed by atoms with Gasteiger partial charge in [0.1, 0.15) is 24.9 Å². The van der Waals surface area contributed by atoms with Crippen molar-refractivity contribution >= 4 is 24.0 Å². The molecular formula is C24H23F3N5OP. The Bertz CT molecular complexity index is 1390. The Kier molecular flexibility index (Phi) is 6.08. The summed E-state index contributed by atoms with van der Waals surface area (Å²) in [6.07, 6.45) is -0.152. The molecule has 176 valence electrons. The first kappa shape index (κ1) is 23.7. The van der Waals surface area contributed by atoms with E-state index in [9.17, 15) is 17.7 Å². The van der Waals surface area contributed by atoms with Crippen LogP contribution < -0.4 is 10.6 Å². The van der Waals surface area contributed by atoms with Crippen molar-refractivity contribution in [2.75, 3.05) is 18.6 Å². The van der Waals surface area contributed by atoms with E-state index in [1.54, 1.807) is 73.7 Å². The molecule has 0 saturated carbocycles. The maximum atomic E-state index is 14.2. The Morgan fingerprint density at radius 1 is 0.971 bits per heavy atom. The van der Waals surface area contributed by atoms with E-state index in [-0.39, 0.29) is 5.69 Å². The summed E-state index contributed by atoms with van der Waals surface area (Å²) in [4.78, 5) is 7.85. The molecule has 34 heavy (non-hydrogen) atoms. The summed E-state index contributed by atoms with van der Waals surface area (Å²) in [5.74, 6) is -0.401. The molecule has 0 radical (unpaired) electrons. The minimum absolute atomic E-state index is 0.227. The quantitative estimate of drug-likeness (QED) is 0.359. The monoisotopic (exact) mass is 485 g/mol. The molecule has 2 aromatic carbocycles. The molecule has 0 amide bonds. The average Bonchev–Trinajstić information content (AvgIpc) is 3.19. The molecule has 0 unspecified atom stereocenters. The Balaban J connectivity index is 1.84. The number of aryl methyl sites for hydroxylation is 2. The van der Waals surface area contributed by atoms with Crippen LogP contribution >= 0.6 is 7.14 Å². The second kappa shape index (κ2) is 8.72. The first-order valence-corrected chi connectivity index (χ1v) is 13.0. The van der Waals surface area contributed by atoms with Crippen LogP contribution in [0.15, 0.2) is 61.2 Å². The van der Waals surface area contributed by atoms with E-state index in [4.69, 9.17) is 0 Å². The van der Waals surface area contributed by atoms with E-state index in [0.717, 1.165) is 23.0 Å². The van der Waals surface area contributed by atoms with Gasteiger partial charge in [-0.15, -0.1) is 0 Å². The zero-order valence-electron chi connectivity index (χ0n) is 19.1. The van der Waals surface area contributed by atoms with E-state index in [2.05, 4.69) is 20.4 Å². The van der Waals surface area contributed by atoms with Gasteiger partial charge in [-0.3, -0.25) is 4.68 Å². The second-order valence-corrected chi connectivity index (χ2v) is 11.6. The van der Waals surface area contributed by atoms with E-state index in [1.165, 1.54) is 0 Å². The fourth-order valence-corrected chi connectivity index (χ4v) is 4.80. The molecule has 10 heteroatoms. The third-order valence-electron chi connectivity index (χ3n) is 5.32. The molecule has 0 fully saturated rings. The number of rotatable bonds is 5. The lowest BCUT2D eigenvalue weighted by Gasteiger charge is -2.20. The van der Waals surface area contributed by atoms with E-state index < -0.39 is 24.7 Å². The van der Waals surface area contributed by atoms with Gasteiger partial charge in [0, 0.05) is 29.7 Å². The van der Waals surface area contributed by atoms with Crippen molar-refractivity contribution in [1.82, 2.24) is 19.7 Å². The third-order valence-corrected chi connectivity index (χ3v) is 6.86. The molecule has 0 atom stereocenters. The molecule has 2 heterocycles. The number of aromatic nitrogens is 4. The van der Waals surface area contributed by atoms with Gasteiger partial charge < -0.3 is 9.88 Å². The lowest BCUT2D eigenvalue weighted by atomic mass is 10.0. The molecule has 1 N–H and O–H groups in total. The van der Waals surface area contributed by atoms with Gasteiger partial charge in [-0.05, 0) is 37.9 Å². The largest absolute Gasteiger partial charge is 0.422 e. The van der Waals surface area contributed by atoms with Crippen molar-refractivity contribution in [2.45, 2.75) is 13.1 Å². The lowest BCUT2D eigenvalue weighted by Crippen LogP contribution is -2.16. The van der Waals surface area contributed by atoms with Crippen LogP contribution in [0.2, 0.25) is 0 Å². The molecule has 0 saturated heterocycles. The molecule has 0 bridgehead atoms. The standard InChI is InChI=1S/C24H23F3N5OP/c1-15-5-7-16(8-6-15)22-21(24(25,26)27)23(29-14-28-22)31-19-10-9-17(11-20(19)34(3,4)33)18-12-30-32(2)13-18/h5-14H,1-4H3,(H,28,29,31). The van der Waals surface area contributed by atoms with Gasteiger partial charge in [0.25, 0.3) is 0 Å². The van der Waals surface area contributed by atoms with Crippen LogP contribution in [0.4, 0.5) is 24.7 Å². The molecule has 0 aliphatic rings. The topological polar surface area (TPSA) is 72.7 Å². The minimum Gasteiger partial charge on any atom is -0.339 e. The van der Waals surface area contributed by atoms with Gasteiger partial charge in [-0.1, -0.05) is 35.9 Å². The van der Waals surface area contributed by atoms with Crippen LogP contribution in [-0.4, -0.2) is 33.1 Å². The molecule has 4 rings (SSSR count). The highest BCUT2D eigenvalue weighted by Crippen LogP contribution is 2.43. The van der Waals surface area contributed by atoms with Gasteiger partial charge in [0.15, 0.2) is 0 Å². The Morgan fingerprint density at radius 3 is 2.24 bits per heavy atom. The van der Waals surface area contributed by atoms with Crippen LogP contribution in [0.3, 0.4) is 0 Å². The fourth-order valence-electron chi connectivity index (χ4n) is 3.64. The Labute approximate surface area is 195 Å². The number of nitrogens with zero attached hydrogens (tertiary/aromatic N) is 4. The van der Waals surface area contributed by atoms with Gasteiger partial charge in [0.05, 0.1) is 17.6 Å². The van der Waals surface area contributed by atoms with E-state index in [1.807, 2.05) is 13.1 Å². The van der Waals surface area contributed by atoms with Gasteiger partial charge in [-0.25, -0.2) is 9.97 Å². The third kappa shape index (κ3) is 4.89. The number of nitrogens with one attached hydrogen (secondary N) is 1. The van der Waals surface area contributed by atoms with E-state index >= 15 is 0 Å². The Hall–Kier alpha value is -3.45. The Morgan fingerprint density at radius 2 is 1.65 bits per heavy atom. The van der Waals surface area contributed by atoms with Crippen molar-refractivity contribution in [3.05, 3.63) is 72.3 Å². The molecule has 0 aliphatic carbocycles. The zero-order valence-corrected chi connectivity index (χ0v) is 19.9. The van der Waals surface area contributed by atoms with Crippen molar-refractivity contribution < 1.29 is 17.7 Å². The summed E-state index contributed by atoms with van der Waals surface area (Å²) in [5.41, 5.74) is 1.90. The molecule has 4 aromatic rings. The SMILES string of the molecule is Cc1ccc(-c2ncnc(Nc3ccc(-c4cnn(C)c4)cc3P(C)(C)=O)c2C(F)(F)F)cc1. The van der Waals surface area contributed by atoms with Crippen molar-refractivity contribution in [3.8, 4) is 22.4 Å². The van der Waals surface area contributed by atoms with Crippen LogP contribution in [0, 0.1) is 6.92 Å². The van der Waals surface area contributed by atoms with Gasteiger partial charge in [0.2, 0.25) is 0 Å². The highest BCUT2D eigenvalue weighted by Gasteiger charge is 2.39. The smallest absolute Gasteiger partial charge is 0.339 e. The van der Waals surface area contributed by atoms with Crippen molar-refractivity contribution in [2.24, 2.45) is 7.05 Å².